The molecule has 2 rings (SSSR count). The lowest BCUT2D eigenvalue weighted by atomic mass is 9.95. The first-order valence-corrected chi connectivity index (χ1v) is 5.80. The molecule has 0 saturated heterocycles. The summed E-state index contributed by atoms with van der Waals surface area (Å²) >= 11 is 0. The number of rotatable bonds is 2. The molecule has 0 aliphatic heterocycles. The Kier molecular flexibility index (Phi) is 3.62. The number of benzene rings is 2. The van der Waals surface area contributed by atoms with Gasteiger partial charge in [-0.2, -0.15) is 0 Å². The van der Waals surface area contributed by atoms with Crippen LogP contribution in [0.3, 0.4) is 0 Å². The zero-order valence-corrected chi connectivity index (χ0v) is 10.5. The molecule has 1 N–H and O–H groups in total. The molecule has 0 spiro atoms. The van der Waals surface area contributed by atoms with Gasteiger partial charge in [0.05, 0.1) is 0 Å². The van der Waals surface area contributed by atoms with Crippen LogP contribution in [-0.2, 0) is 0 Å². The highest BCUT2D eigenvalue weighted by Crippen LogP contribution is 2.30. The summed E-state index contributed by atoms with van der Waals surface area (Å²) in [6, 6.07) is 5.67. The van der Waals surface area contributed by atoms with Gasteiger partial charge in [-0.25, -0.2) is 13.2 Å². The van der Waals surface area contributed by atoms with E-state index >= 15 is 0 Å². The fraction of sp³-hybridized carbons (Fsp3) is 0.200. The minimum Gasteiger partial charge on any atom is -0.383 e. The highest BCUT2D eigenvalue weighted by atomic mass is 19.1. The monoisotopic (exact) mass is 266 g/mol. The Morgan fingerprint density at radius 3 is 2.26 bits per heavy atom. The standard InChI is InChI=1S/C15H13F3O/c1-8-5-9(2)14(13(18)6-8)15(19)11-7-10(16)3-4-12(11)17/h3-7,15,19H,1-2H3. The molecule has 0 fully saturated rings. The van der Waals surface area contributed by atoms with Crippen molar-refractivity contribution < 1.29 is 18.3 Å². The molecule has 19 heavy (non-hydrogen) atoms. The van der Waals surface area contributed by atoms with Gasteiger partial charge in [-0.05, 0) is 49.2 Å². The van der Waals surface area contributed by atoms with Gasteiger partial charge in [-0.3, -0.25) is 0 Å². The van der Waals surface area contributed by atoms with Gasteiger partial charge in [0.15, 0.2) is 0 Å². The first kappa shape index (κ1) is 13.6. The average molecular weight is 266 g/mol. The Morgan fingerprint density at radius 2 is 1.63 bits per heavy atom. The fourth-order valence-corrected chi connectivity index (χ4v) is 2.15. The van der Waals surface area contributed by atoms with Gasteiger partial charge in [-0.1, -0.05) is 6.07 Å². The molecule has 0 aromatic heterocycles. The van der Waals surface area contributed by atoms with E-state index in [1.54, 1.807) is 19.9 Å². The smallest absolute Gasteiger partial charge is 0.129 e. The van der Waals surface area contributed by atoms with Gasteiger partial charge in [-0.15, -0.1) is 0 Å². The maximum absolute atomic E-state index is 13.9. The predicted octanol–water partition coefficient (Wildman–Crippen LogP) is 3.80. The summed E-state index contributed by atoms with van der Waals surface area (Å²) in [6.07, 6.45) is -1.53. The van der Waals surface area contributed by atoms with Crippen molar-refractivity contribution in [1.29, 1.82) is 0 Å². The average Bonchev–Trinajstić information content (AvgIpc) is 2.30. The Hall–Kier alpha value is -1.81. The summed E-state index contributed by atoms with van der Waals surface area (Å²) < 4.78 is 40.6. The number of aryl methyl sites for hydroxylation is 2. The van der Waals surface area contributed by atoms with Gasteiger partial charge in [0, 0.05) is 11.1 Å². The lowest BCUT2D eigenvalue weighted by Gasteiger charge is -2.16. The first-order chi connectivity index (χ1) is 8.90. The maximum atomic E-state index is 13.9. The molecule has 100 valence electrons. The van der Waals surface area contributed by atoms with E-state index in [2.05, 4.69) is 0 Å². The van der Waals surface area contributed by atoms with Crippen LogP contribution in [0.4, 0.5) is 13.2 Å². The van der Waals surface area contributed by atoms with E-state index in [1.165, 1.54) is 6.07 Å². The second kappa shape index (κ2) is 5.05. The van der Waals surface area contributed by atoms with E-state index in [9.17, 15) is 18.3 Å². The lowest BCUT2D eigenvalue weighted by molar-refractivity contribution is 0.208. The normalized spacial score (nSPS) is 12.5. The van der Waals surface area contributed by atoms with E-state index in [1.807, 2.05) is 0 Å². The van der Waals surface area contributed by atoms with Crippen molar-refractivity contribution >= 4 is 0 Å². The molecule has 0 amide bonds. The second-order valence-corrected chi connectivity index (χ2v) is 4.55. The van der Waals surface area contributed by atoms with Crippen LogP contribution in [0, 0.1) is 31.3 Å². The first-order valence-electron chi connectivity index (χ1n) is 5.80. The van der Waals surface area contributed by atoms with Crippen molar-refractivity contribution in [2.75, 3.05) is 0 Å². The molecular formula is C15H13F3O. The van der Waals surface area contributed by atoms with Crippen LogP contribution >= 0.6 is 0 Å². The summed E-state index contributed by atoms with van der Waals surface area (Å²) in [6.45, 7) is 3.33. The second-order valence-electron chi connectivity index (χ2n) is 4.55. The molecule has 1 atom stereocenters. The van der Waals surface area contributed by atoms with Gasteiger partial charge in [0.2, 0.25) is 0 Å². The summed E-state index contributed by atoms with van der Waals surface area (Å²) in [4.78, 5) is 0. The molecule has 1 unspecified atom stereocenters. The van der Waals surface area contributed by atoms with Crippen LogP contribution in [-0.4, -0.2) is 5.11 Å². The predicted molar refractivity (Wildman–Crippen MR) is 66.3 cm³/mol. The minimum absolute atomic E-state index is 0.0323. The topological polar surface area (TPSA) is 20.2 Å². The molecule has 0 radical (unpaired) electrons. The Morgan fingerprint density at radius 1 is 0.947 bits per heavy atom. The highest BCUT2D eigenvalue weighted by Gasteiger charge is 2.21. The quantitative estimate of drug-likeness (QED) is 0.876. The third-order valence-electron chi connectivity index (χ3n) is 3.01. The van der Waals surface area contributed by atoms with Gasteiger partial charge in [0.1, 0.15) is 23.6 Å². The van der Waals surface area contributed by atoms with Crippen molar-refractivity contribution in [2.45, 2.75) is 20.0 Å². The van der Waals surface area contributed by atoms with Crippen molar-refractivity contribution in [3.05, 3.63) is 70.0 Å². The largest absolute Gasteiger partial charge is 0.383 e. The molecule has 0 aliphatic rings. The summed E-state index contributed by atoms with van der Waals surface area (Å²) in [7, 11) is 0. The van der Waals surface area contributed by atoms with Crippen LogP contribution in [0.25, 0.3) is 0 Å². The molecule has 2 aromatic rings. The molecule has 1 nitrogen and oxygen atoms in total. The molecule has 0 bridgehead atoms. The minimum atomic E-state index is -1.53. The number of halogens is 3. The molecule has 4 heteroatoms. The summed E-state index contributed by atoms with van der Waals surface area (Å²) in [5.74, 6) is -2.08. The summed E-state index contributed by atoms with van der Waals surface area (Å²) in [5.41, 5.74) is 0.889. The molecular weight excluding hydrogens is 253 g/mol. The van der Waals surface area contributed by atoms with Crippen molar-refractivity contribution in [3.8, 4) is 0 Å². The van der Waals surface area contributed by atoms with Crippen molar-refractivity contribution in [2.24, 2.45) is 0 Å². The number of aliphatic hydroxyl groups excluding tert-OH is 1. The van der Waals surface area contributed by atoms with E-state index in [0.29, 0.717) is 11.1 Å². The zero-order valence-electron chi connectivity index (χ0n) is 10.5. The number of aliphatic hydroxyl groups is 1. The third kappa shape index (κ3) is 2.63. The van der Waals surface area contributed by atoms with Gasteiger partial charge >= 0.3 is 0 Å². The molecule has 0 saturated carbocycles. The van der Waals surface area contributed by atoms with Crippen molar-refractivity contribution in [1.82, 2.24) is 0 Å². The van der Waals surface area contributed by atoms with E-state index in [0.717, 1.165) is 18.2 Å². The SMILES string of the molecule is Cc1cc(C)c(C(O)c2cc(F)ccc2F)c(F)c1. The maximum Gasteiger partial charge on any atom is 0.129 e. The van der Waals surface area contributed by atoms with Gasteiger partial charge in [0.25, 0.3) is 0 Å². The van der Waals surface area contributed by atoms with E-state index in [4.69, 9.17) is 0 Å². The molecule has 0 heterocycles. The highest BCUT2D eigenvalue weighted by molar-refractivity contribution is 5.39. The van der Waals surface area contributed by atoms with Crippen LogP contribution in [0.5, 0.6) is 0 Å². The van der Waals surface area contributed by atoms with Crippen LogP contribution in [0.2, 0.25) is 0 Å². The Balaban J connectivity index is 2.56. The zero-order chi connectivity index (χ0) is 14.2. The number of hydrogen-bond acceptors (Lipinski definition) is 1. The van der Waals surface area contributed by atoms with E-state index in [-0.39, 0.29) is 11.1 Å². The van der Waals surface area contributed by atoms with Crippen molar-refractivity contribution in [3.63, 3.8) is 0 Å². The van der Waals surface area contributed by atoms with Crippen LogP contribution in [0.1, 0.15) is 28.4 Å². The van der Waals surface area contributed by atoms with Crippen LogP contribution in [0.15, 0.2) is 30.3 Å². The Bertz CT molecular complexity index is 600. The fourth-order valence-electron chi connectivity index (χ4n) is 2.15. The van der Waals surface area contributed by atoms with Crippen LogP contribution < -0.4 is 0 Å². The summed E-state index contributed by atoms with van der Waals surface area (Å²) in [5, 5.41) is 10.1. The lowest BCUT2D eigenvalue weighted by Crippen LogP contribution is -2.08. The van der Waals surface area contributed by atoms with Gasteiger partial charge < -0.3 is 5.11 Å². The Labute approximate surface area is 109 Å². The van der Waals surface area contributed by atoms with E-state index < -0.39 is 23.6 Å². The third-order valence-corrected chi connectivity index (χ3v) is 3.01. The molecule has 0 aliphatic carbocycles. The number of hydrogen-bond donors (Lipinski definition) is 1. The molecule has 2 aromatic carbocycles.